The monoisotopic (exact) mass is 376 g/mol. The summed E-state index contributed by atoms with van der Waals surface area (Å²) in [4.78, 5) is 15.1. The standard InChI is InChI=1S/C20H25ClN2O3/c21-16-3-1-4-17(13-16)22-19(24)23-9-2-8-20(14-26-12-7-18(20)23)15-5-10-25-11-6-15/h1,3-5,13,18H,2,6-12,14H2,(H,22,24)/t18-,20-/m0/s1. The Hall–Kier alpha value is -1.56. The maximum atomic E-state index is 13.0. The molecule has 3 aliphatic heterocycles. The van der Waals surface area contributed by atoms with E-state index in [-0.39, 0.29) is 17.5 Å². The number of nitrogens with zero attached hydrogens (tertiary/aromatic N) is 1. The third-order valence-corrected chi connectivity index (χ3v) is 6.11. The number of rotatable bonds is 2. The molecule has 0 aromatic heterocycles. The van der Waals surface area contributed by atoms with Crippen LogP contribution in [0.5, 0.6) is 0 Å². The predicted octanol–water partition coefficient (Wildman–Crippen LogP) is 4.09. The first kappa shape index (κ1) is 17.8. The minimum absolute atomic E-state index is 0.0455. The van der Waals surface area contributed by atoms with Crippen LogP contribution in [0.25, 0.3) is 0 Å². The molecule has 0 saturated carbocycles. The van der Waals surface area contributed by atoms with Gasteiger partial charge in [0.15, 0.2) is 0 Å². The van der Waals surface area contributed by atoms with Gasteiger partial charge in [0, 0.05) is 35.3 Å². The van der Waals surface area contributed by atoms with Crippen LogP contribution in [0, 0.1) is 5.41 Å². The zero-order chi connectivity index (χ0) is 18.0. The first-order valence-corrected chi connectivity index (χ1v) is 9.75. The van der Waals surface area contributed by atoms with E-state index < -0.39 is 0 Å². The molecule has 0 spiro atoms. The number of carbonyl (C=O) groups excluding carboxylic acids is 1. The Morgan fingerprint density at radius 3 is 3.04 bits per heavy atom. The van der Waals surface area contributed by atoms with Crippen LogP contribution in [-0.2, 0) is 9.47 Å². The molecule has 26 heavy (non-hydrogen) atoms. The lowest BCUT2D eigenvalue weighted by Crippen LogP contribution is -2.60. The number of likely N-dealkylation sites (tertiary alicyclic amines) is 1. The molecule has 1 N–H and O–H groups in total. The van der Waals surface area contributed by atoms with E-state index in [0.717, 1.165) is 44.5 Å². The van der Waals surface area contributed by atoms with Crippen molar-refractivity contribution in [3.63, 3.8) is 0 Å². The molecule has 5 nitrogen and oxygen atoms in total. The van der Waals surface area contributed by atoms with Crippen molar-refractivity contribution in [2.45, 2.75) is 31.7 Å². The molecule has 1 aromatic carbocycles. The first-order chi connectivity index (χ1) is 12.7. The number of nitrogens with one attached hydrogen (secondary N) is 1. The number of anilines is 1. The predicted molar refractivity (Wildman–Crippen MR) is 102 cm³/mol. The molecular weight excluding hydrogens is 352 g/mol. The van der Waals surface area contributed by atoms with E-state index in [1.807, 2.05) is 17.0 Å². The Labute approximate surface area is 159 Å². The molecule has 0 aliphatic carbocycles. The number of urea groups is 1. The molecule has 6 heteroatoms. The second-order valence-corrected chi connectivity index (χ2v) is 7.74. The maximum Gasteiger partial charge on any atom is 0.322 e. The highest BCUT2D eigenvalue weighted by atomic mass is 35.5. The van der Waals surface area contributed by atoms with Gasteiger partial charge in [-0.2, -0.15) is 0 Å². The van der Waals surface area contributed by atoms with Crippen molar-refractivity contribution in [2.24, 2.45) is 5.41 Å². The summed E-state index contributed by atoms with van der Waals surface area (Å²) in [6.07, 6.45) is 6.08. The van der Waals surface area contributed by atoms with Crippen LogP contribution in [0.15, 0.2) is 35.9 Å². The normalized spacial score (nSPS) is 28.9. The molecule has 0 radical (unpaired) electrons. The van der Waals surface area contributed by atoms with Crippen molar-refractivity contribution in [3.8, 4) is 0 Å². The molecule has 1 aromatic rings. The molecule has 3 aliphatic rings. The SMILES string of the molecule is O=C(Nc1cccc(Cl)c1)N1CCC[C@@]2(C3=CCOCC3)COCC[C@H]12. The summed E-state index contributed by atoms with van der Waals surface area (Å²) >= 11 is 6.05. The highest BCUT2D eigenvalue weighted by molar-refractivity contribution is 6.30. The Balaban J connectivity index is 1.58. The molecule has 2 amide bonds. The fourth-order valence-corrected chi connectivity index (χ4v) is 4.88. The summed E-state index contributed by atoms with van der Waals surface area (Å²) in [6.45, 7) is 3.61. The molecular formula is C20H25ClN2O3. The lowest BCUT2D eigenvalue weighted by molar-refractivity contribution is -0.0691. The van der Waals surface area contributed by atoms with Crippen molar-refractivity contribution < 1.29 is 14.3 Å². The molecule has 2 fully saturated rings. The van der Waals surface area contributed by atoms with Gasteiger partial charge >= 0.3 is 6.03 Å². The summed E-state index contributed by atoms with van der Waals surface area (Å²) in [6, 6.07) is 7.43. The topological polar surface area (TPSA) is 50.8 Å². The van der Waals surface area contributed by atoms with Gasteiger partial charge in [-0.15, -0.1) is 0 Å². The van der Waals surface area contributed by atoms with Gasteiger partial charge in [0.25, 0.3) is 0 Å². The number of amides is 2. The van der Waals surface area contributed by atoms with Gasteiger partial charge in [0.05, 0.1) is 19.8 Å². The van der Waals surface area contributed by atoms with E-state index >= 15 is 0 Å². The van der Waals surface area contributed by atoms with E-state index in [1.165, 1.54) is 5.57 Å². The largest absolute Gasteiger partial charge is 0.380 e. The third-order valence-electron chi connectivity index (χ3n) is 5.87. The Morgan fingerprint density at radius 2 is 2.23 bits per heavy atom. The van der Waals surface area contributed by atoms with Crippen LogP contribution in [0.2, 0.25) is 5.02 Å². The number of piperidine rings is 1. The van der Waals surface area contributed by atoms with Crippen LogP contribution < -0.4 is 5.32 Å². The Kier molecular flexibility index (Phi) is 5.20. The van der Waals surface area contributed by atoms with E-state index in [9.17, 15) is 4.79 Å². The lowest BCUT2D eigenvalue weighted by Gasteiger charge is -2.53. The highest BCUT2D eigenvalue weighted by Gasteiger charge is 2.50. The quantitative estimate of drug-likeness (QED) is 0.791. The first-order valence-electron chi connectivity index (χ1n) is 9.37. The van der Waals surface area contributed by atoms with Crippen LogP contribution in [-0.4, -0.2) is 49.9 Å². The van der Waals surface area contributed by atoms with Gasteiger partial charge in [-0.3, -0.25) is 0 Å². The van der Waals surface area contributed by atoms with Crippen molar-refractivity contribution >= 4 is 23.3 Å². The average molecular weight is 377 g/mol. The van der Waals surface area contributed by atoms with Gasteiger partial charge in [-0.25, -0.2) is 4.79 Å². The van der Waals surface area contributed by atoms with Gasteiger partial charge in [-0.05, 0) is 43.9 Å². The van der Waals surface area contributed by atoms with Crippen molar-refractivity contribution in [1.29, 1.82) is 0 Å². The summed E-state index contributed by atoms with van der Waals surface area (Å²) < 4.78 is 11.4. The number of ether oxygens (including phenoxy) is 2. The van der Waals surface area contributed by atoms with Crippen LogP contribution >= 0.6 is 11.6 Å². The van der Waals surface area contributed by atoms with Gasteiger partial charge in [0.2, 0.25) is 0 Å². The highest BCUT2D eigenvalue weighted by Crippen LogP contribution is 2.47. The molecule has 2 saturated heterocycles. The van der Waals surface area contributed by atoms with Gasteiger partial charge in [-0.1, -0.05) is 29.3 Å². The van der Waals surface area contributed by atoms with Crippen LogP contribution in [0.3, 0.4) is 0 Å². The lowest BCUT2D eigenvalue weighted by atomic mass is 9.65. The summed E-state index contributed by atoms with van der Waals surface area (Å²) in [7, 11) is 0. The third kappa shape index (κ3) is 3.36. The zero-order valence-electron chi connectivity index (χ0n) is 14.9. The number of carbonyl (C=O) groups is 1. The second-order valence-electron chi connectivity index (χ2n) is 7.30. The van der Waals surface area contributed by atoms with Crippen molar-refractivity contribution in [3.05, 3.63) is 40.9 Å². The molecule has 2 atom stereocenters. The number of fused-ring (bicyclic) bond motifs is 1. The fourth-order valence-electron chi connectivity index (χ4n) is 4.69. The molecule has 3 heterocycles. The maximum absolute atomic E-state index is 13.0. The zero-order valence-corrected chi connectivity index (χ0v) is 15.6. The van der Waals surface area contributed by atoms with Crippen LogP contribution in [0.1, 0.15) is 25.7 Å². The second kappa shape index (κ2) is 7.59. The van der Waals surface area contributed by atoms with E-state index in [2.05, 4.69) is 11.4 Å². The van der Waals surface area contributed by atoms with E-state index in [0.29, 0.717) is 24.8 Å². The average Bonchev–Trinajstić information content (AvgIpc) is 2.68. The molecule has 0 bridgehead atoms. The number of benzene rings is 1. The minimum Gasteiger partial charge on any atom is -0.380 e. The van der Waals surface area contributed by atoms with Crippen molar-refractivity contribution in [1.82, 2.24) is 4.90 Å². The molecule has 140 valence electrons. The summed E-state index contributed by atoms with van der Waals surface area (Å²) in [5.41, 5.74) is 2.08. The van der Waals surface area contributed by atoms with Crippen LogP contribution in [0.4, 0.5) is 10.5 Å². The van der Waals surface area contributed by atoms with E-state index in [1.54, 1.807) is 12.1 Å². The summed E-state index contributed by atoms with van der Waals surface area (Å²) in [5, 5.41) is 3.64. The number of hydrogen-bond acceptors (Lipinski definition) is 3. The number of hydrogen-bond donors (Lipinski definition) is 1. The molecule has 4 rings (SSSR count). The van der Waals surface area contributed by atoms with E-state index in [4.69, 9.17) is 21.1 Å². The number of halogens is 1. The van der Waals surface area contributed by atoms with Crippen molar-refractivity contribution in [2.75, 3.05) is 38.3 Å². The van der Waals surface area contributed by atoms with Gasteiger partial charge < -0.3 is 19.7 Å². The summed E-state index contributed by atoms with van der Waals surface area (Å²) in [5.74, 6) is 0. The minimum atomic E-state index is -0.0635. The smallest absolute Gasteiger partial charge is 0.322 e. The Bertz CT molecular complexity index is 704. The van der Waals surface area contributed by atoms with Gasteiger partial charge in [0.1, 0.15) is 0 Å². The Morgan fingerprint density at radius 1 is 1.31 bits per heavy atom. The fraction of sp³-hybridized carbons (Fsp3) is 0.550. The molecule has 0 unspecified atom stereocenters.